The number of amides is 1. The van der Waals surface area contributed by atoms with Crippen molar-refractivity contribution in [3.05, 3.63) is 107 Å². The Morgan fingerprint density at radius 2 is 1.69 bits per heavy atom. The van der Waals surface area contributed by atoms with Gasteiger partial charge in [-0.25, -0.2) is 0 Å². The molecule has 1 aliphatic heterocycles. The summed E-state index contributed by atoms with van der Waals surface area (Å²) in [6, 6.07) is 25.0. The molecule has 0 aliphatic carbocycles. The predicted octanol–water partition coefficient (Wildman–Crippen LogP) is 4.63. The summed E-state index contributed by atoms with van der Waals surface area (Å²) in [6.45, 7) is 1.38. The summed E-state index contributed by atoms with van der Waals surface area (Å²) in [5, 5.41) is 1.21. The summed E-state index contributed by atoms with van der Waals surface area (Å²) < 4.78 is 6.87. The second kappa shape index (κ2) is 8.35. The zero-order chi connectivity index (χ0) is 22.1. The smallest absolute Gasteiger partial charge is 0.262 e. The molecule has 1 saturated heterocycles. The lowest BCUT2D eigenvalue weighted by Gasteiger charge is -2.19. The number of benzene rings is 3. The molecule has 2 heterocycles. The van der Waals surface area contributed by atoms with Gasteiger partial charge >= 0.3 is 0 Å². The molecule has 1 amide bonds. The highest BCUT2D eigenvalue weighted by atomic mass is 16.5. The van der Waals surface area contributed by atoms with Gasteiger partial charge in [0.1, 0.15) is 5.75 Å². The molecule has 0 spiro atoms. The van der Waals surface area contributed by atoms with Crippen LogP contribution in [0.1, 0.15) is 28.3 Å². The molecule has 5 rings (SSSR count). The third kappa shape index (κ3) is 3.56. The van der Waals surface area contributed by atoms with E-state index in [1.54, 1.807) is 30.0 Å². The van der Waals surface area contributed by atoms with E-state index in [4.69, 9.17) is 4.74 Å². The van der Waals surface area contributed by atoms with E-state index in [-0.39, 0.29) is 11.5 Å². The number of fused-ring (bicyclic) bond motifs is 1. The first-order valence-electron chi connectivity index (χ1n) is 10.8. The van der Waals surface area contributed by atoms with Crippen LogP contribution in [0.2, 0.25) is 0 Å². The minimum absolute atomic E-state index is 0.0451. The predicted molar refractivity (Wildman–Crippen MR) is 126 cm³/mol. The van der Waals surface area contributed by atoms with Crippen LogP contribution in [0, 0.1) is 0 Å². The second-order valence-electron chi connectivity index (χ2n) is 8.11. The van der Waals surface area contributed by atoms with Gasteiger partial charge in [0.15, 0.2) is 0 Å². The monoisotopic (exact) mass is 424 g/mol. The van der Waals surface area contributed by atoms with Crippen LogP contribution in [0.5, 0.6) is 5.75 Å². The fourth-order valence-electron chi connectivity index (χ4n) is 4.53. The molecule has 0 N–H and O–H groups in total. The van der Waals surface area contributed by atoms with Crippen molar-refractivity contribution < 1.29 is 9.53 Å². The van der Waals surface area contributed by atoms with Gasteiger partial charge in [-0.2, -0.15) is 0 Å². The van der Waals surface area contributed by atoms with Gasteiger partial charge in [-0.15, -0.1) is 0 Å². The molecule has 0 radical (unpaired) electrons. The summed E-state index contributed by atoms with van der Waals surface area (Å²) in [4.78, 5) is 28.8. The summed E-state index contributed by atoms with van der Waals surface area (Å²) in [5.74, 6) is 0.938. The van der Waals surface area contributed by atoms with E-state index in [0.717, 1.165) is 6.42 Å². The molecule has 160 valence electrons. The fourth-order valence-corrected chi connectivity index (χ4v) is 4.53. The molecule has 1 atom stereocenters. The topological polar surface area (TPSA) is 51.5 Å². The SMILES string of the molecule is COc1cccc(-n2cc(C(=O)N3CC[C@@H](c4ccccc4)C3)c3ccccc3c2=O)c1. The molecule has 3 aromatic carbocycles. The van der Waals surface area contributed by atoms with Crippen molar-refractivity contribution in [1.82, 2.24) is 9.47 Å². The number of rotatable bonds is 4. The van der Waals surface area contributed by atoms with Crippen LogP contribution in [0.3, 0.4) is 0 Å². The number of likely N-dealkylation sites (tertiary alicyclic amines) is 1. The Bertz CT molecular complexity index is 1340. The second-order valence-corrected chi connectivity index (χ2v) is 8.11. The third-order valence-corrected chi connectivity index (χ3v) is 6.23. The minimum Gasteiger partial charge on any atom is -0.497 e. The summed E-state index contributed by atoms with van der Waals surface area (Å²) in [5.41, 5.74) is 2.30. The van der Waals surface area contributed by atoms with E-state index in [2.05, 4.69) is 12.1 Å². The van der Waals surface area contributed by atoms with Crippen molar-refractivity contribution in [3.63, 3.8) is 0 Å². The maximum absolute atomic E-state index is 13.6. The fraction of sp³-hybridized carbons (Fsp3) is 0.185. The summed E-state index contributed by atoms with van der Waals surface area (Å²) >= 11 is 0. The van der Waals surface area contributed by atoms with E-state index in [9.17, 15) is 9.59 Å². The lowest BCUT2D eigenvalue weighted by atomic mass is 9.99. The molecular weight excluding hydrogens is 400 g/mol. The Labute approximate surface area is 186 Å². The Morgan fingerprint density at radius 1 is 0.938 bits per heavy atom. The maximum Gasteiger partial charge on any atom is 0.262 e. The lowest BCUT2D eigenvalue weighted by molar-refractivity contribution is 0.0792. The van der Waals surface area contributed by atoms with Gasteiger partial charge in [0.25, 0.3) is 11.5 Å². The molecule has 32 heavy (non-hydrogen) atoms. The normalized spacial score (nSPS) is 15.8. The minimum atomic E-state index is -0.158. The van der Waals surface area contributed by atoms with Crippen molar-refractivity contribution in [2.45, 2.75) is 12.3 Å². The zero-order valence-corrected chi connectivity index (χ0v) is 17.9. The molecule has 0 saturated carbocycles. The largest absolute Gasteiger partial charge is 0.497 e. The van der Waals surface area contributed by atoms with Crippen LogP contribution in [0.15, 0.2) is 89.9 Å². The van der Waals surface area contributed by atoms with Gasteiger partial charge in [0.2, 0.25) is 0 Å². The third-order valence-electron chi connectivity index (χ3n) is 6.23. The molecule has 4 aromatic rings. The van der Waals surface area contributed by atoms with Crippen molar-refractivity contribution in [3.8, 4) is 11.4 Å². The van der Waals surface area contributed by atoms with E-state index in [0.29, 0.717) is 46.8 Å². The van der Waals surface area contributed by atoms with Gasteiger partial charge in [-0.1, -0.05) is 54.6 Å². The Kier molecular flexibility index (Phi) is 5.23. The van der Waals surface area contributed by atoms with Crippen molar-refractivity contribution in [1.29, 1.82) is 0 Å². The molecule has 0 unspecified atom stereocenters. The van der Waals surface area contributed by atoms with Gasteiger partial charge in [-0.05, 0) is 30.2 Å². The standard InChI is InChI=1S/C27H24N2O3/c1-32-22-11-7-10-21(16-22)29-18-25(23-12-5-6-13-24(23)27(29)31)26(30)28-15-14-20(17-28)19-8-3-2-4-9-19/h2-13,16,18,20H,14-15,17H2,1H3/t20-/m1/s1. The number of hydrogen-bond acceptors (Lipinski definition) is 3. The van der Waals surface area contributed by atoms with Gasteiger partial charge in [0.05, 0.1) is 18.4 Å². The average Bonchev–Trinajstić information content (AvgIpc) is 3.35. The van der Waals surface area contributed by atoms with Gasteiger partial charge in [0, 0.05) is 42.0 Å². The molecule has 1 aliphatic rings. The Hall–Kier alpha value is -3.86. The average molecular weight is 425 g/mol. The number of methoxy groups -OCH3 is 1. The maximum atomic E-state index is 13.6. The van der Waals surface area contributed by atoms with Crippen LogP contribution in [-0.2, 0) is 0 Å². The number of ether oxygens (including phenoxy) is 1. The summed E-state index contributed by atoms with van der Waals surface area (Å²) in [6.07, 6.45) is 2.61. The van der Waals surface area contributed by atoms with E-state index < -0.39 is 0 Å². The first-order chi connectivity index (χ1) is 15.7. The summed E-state index contributed by atoms with van der Waals surface area (Å²) in [7, 11) is 1.59. The number of hydrogen-bond donors (Lipinski definition) is 0. The van der Waals surface area contributed by atoms with Crippen LogP contribution < -0.4 is 10.3 Å². The van der Waals surface area contributed by atoms with Crippen LogP contribution >= 0.6 is 0 Å². The Balaban J connectivity index is 1.57. The number of carbonyl (C=O) groups is 1. The number of aromatic nitrogens is 1. The molecule has 5 nitrogen and oxygen atoms in total. The molecule has 1 aromatic heterocycles. The Morgan fingerprint density at radius 3 is 2.47 bits per heavy atom. The van der Waals surface area contributed by atoms with Crippen molar-refractivity contribution in [2.24, 2.45) is 0 Å². The van der Waals surface area contributed by atoms with Gasteiger partial charge < -0.3 is 9.64 Å². The number of pyridine rings is 1. The van der Waals surface area contributed by atoms with Gasteiger partial charge in [-0.3, -0.25) is 14.2 Å². The lowest BCUT2D eigenvalue weighted by Crippen LogP contribution is -2.30. The van der Waals surface area contributed by atoms with E-state index in [1.807, 2.05) is 59.5 Å². The van der Waals surface area contributed by atoms with Crippen molar-refractivity contribution in [2.75, 3.05) is 20.2 Å². The molecule has 1 fully saturated rings. The highest BCUT2D eigenvalue weighted by Crippen LogP contribution is 2.29. The first-order valence-corrected chi connectivity index (χ1v) is 10.8. The highest BCUT2D eigenvalue weighted by Gasteiger charge is 2.29. The van der Waals surface area contributed by atoms with Crippen LogP contribution in [0.4, 0.5) is 0 Å². The van der Waals surface area contributed by atoms with Crippen molar-refractivity contribution >= 4 is 16.7 Å². The zero-order valence-electron chi connectivity index (χ0n) is 17.9. The number of carbonyl (C=O) groups excluding carboxylic acids is 1. The van der Waals surface area contributed by atoms with E-state index in [1.165, 1.54) is 5.56 Å². The molecule has 5 heteroatoms. The molecular formula is C27H24N2O3. The quantitative estimate of drug-likeness (QED) is 0.480. The van der Waals surface area contributed by atoms with Crippen LogP contribution in [0.25, 0.3) is 16.5 Å². The molecule has 0 bridgehead atoms. The highest BCUT2D eigenvalue weighted by molar-refractivity contribution is 6.06. The number of nitrogens with zero attached hydrogens (tertiary/aromatic N) is 2. The van der Waals surface area contributed by atoms with Crippen LogP contribution in [-0.4, -0.2) is 35.6 Å². The van der Waals surface area contributed by atoms with E-state index >= 15 is 0 Å². The first kappa shape index (κ1) is 20.1.